The van der Waals surface area contributed by atoms with E-state index in [9.17, 15) is 4.39 Å². The number of hydrogen-bond donors (Lipinski definition) is 1. The molecule has 1 aromatic rings. The molecule has 2 N–H and O–H groups in total. The van der Waals surface area contributed by atoms with Crippen molar-refractivity contribution in [3.05, 3.63) is 58.8 Å². The standard InChI is InChI=1S/C14H12FNO/c15-9-5-6-10-11-3-1-2-4-13(11)17-14(8-16)12(10)7-9/h1-7,13H,8,16H2. The molecule has 0 bridgehead atoms. The topological polar surface area (TPSA) is 35.2 Å². The summed E-state index contributed by atoms with van der Waals surface area (Å²) in [6.07, 6.45) is 7.76. The van der Waals surface area contributed by atoms with Gasteiger partial charge in [-0.2, -0.15) is 0 Å². The molecule has 0 saturated carbocycles. The van der Waals surface area contributed by atoms with Crippen LogP contribution >= 0.6 is 0 Å². The van der Waals surface area contributed by atoms with E-state index in [0.717, 1.165) is 16.0 Å². The summed E-state index contributed by atoms with van der Waals surface area (Å²) in [6, 6.07) is 4.73. The van der Waals surface area contributed by atoms with E-state index in [0.29, 0.717) is 5.76 Å². The number of nitrogens with two attached hydrogens (primary N) is 1. The van der Waals surface area contributed by atoms with Gasteiger partial charge in [-0.05, 0) is 23.4 Å². The zero-order chi connectivity index (χ0) is 11.8. The van der Waals surface area contributed by atoms with Crippen molar-refractivity contribution in [1.29, 1.82) is 0 Å². The lowest BCUT2D eigenvalue weighted by atomic mass is 9.98. The molecular weight excluding hydrogens is 217 g/mol. The maximum atomic E-state index is 13.3. The van der Waals surface area contributed by atoms with Gasteiger partial charge < -0.3 is 10.5 Å². The third-order valence-electron chi connectivity index (χ3n) is 3.03. The van der Waals surface area contributed by atoms with E-state index in [4.69, 9.17) is 10.5 Å². The average Bonchev–Trinajstić information content (AvgIpc) is 2.37. The predicted octanol–water partition coefficient (Wildman–Crippen LogP) is 0.568. The predicted molar refractivity (Wildman–Crippen MR) is 64.7 cm³/mol. The highest BCUT2D eigenvalue weighted by Crippen LogP contribution is 2.19. The molecule has 1 aromatic carbocycles. The Morgan fingerprint density at radius 1 is 1.24 bits per heavy atom. The fraction of sp³-hybridized carbons (Fsp3) is 0.143. The first-order chi connectivity index (χ1) is 8.29. The number of halogens is 1. The Labute approximate surface area is 98.2 Å². The molecule has 0 radical (unpaired) electrons. The highest BCUT2D eigenvalue weighted by atomic mass is 19.1. The van der Waals surface area contributed by atoms with Gasteiger partial charge in [0.25, 0.3) is 0 Å². The molecular formula is C14H12FNO. The molecule has 1 aliphatic heterocycles. The molecule has 86 valence electrons. The summed E-state index contributed by atoms with van der Waals surface area (Å²) in [7, 11) is 0. The molecule has 3 rings (SSSR count). The van der Waals surface area contributed by atoms with Crippen molar-refractivity contribution in [3.8, 4) is 0 Å². The van der Waals surface area contributed by atoms with Crippen LogP contribution in [-0.2, 0) is 4.74 Å². The first-order valence-electron chi connectivity index (χ1n) is 5.54. The lowest BCUT2D eigenvalue weighted by Crippen LogP contribution is -2.40. The molecule has 0 fully saturated rings. The van der Waals surface area contributed by atoms with E-state index in [1.54, 1.807) is 6.07 Å². The number of hydrogen-bond acceptors (Lipinski definition) is 2. The molecule has 2 nitrogen and oxygen atoms in total. The molecule has 0 aromatic heterocycles. The van der Waals surface area contributed by atoms with Gasteiger partial charge in [0.2, 0.25) is 0 Å². The van der Waals surface area contributed by atoms with E-state index in [-0.39, 0.29) is 18.5 Å². The molecule has 0 spiro atoms. The average molecular weight is 229 g/mol. The van der Waals surface area contributed by atoms with Crippen LogP contribution in [0.1, 0.15) is 0 Å². The minimum Gasteiger partial charge on any atom is -0.484 e. The van der Waals surface area contributed by atoms with Crippen LogP contribution in [0.4, 0.5) is 4.39 Å². The Morgan fingerprint density at radius 2 is 2.12 bits per heavy atom. The fourth-order valence-corrected chi connectivity index (χ4v) is 2.24. The van der Waals surface area contributed by atoms with E-state index in [1.807, 2.05) is 24.3 Å². The fourth-order valence-electron chi connectivity index (χ4n) is 2.24. The maximum Gasteiger partial charge on any atom is 0.142 e. The Balaban J connectivity index is 2.41. The summed E-state index contributed by atoms with van der Waals surface area (Å²) >= 11 is 0. The van der Waals surface area contributed by atoms with Crippen LogP contribution < -0.4 is 16.2 Å². The molecule has 0 amide bonds. The highest BCUT2D eigenvalue weighted by Gasteiger charge is 2.20. The third-order valence-corrected chi connectivity index (χ3v) is 3.03. The van der Waals surface area contributed by atoms with Crippen LogP contribution in [-0.4, -0.2) is 12.6 Å². The summed E-state index contributed by atoms with van der Waals surface area (Å²) in [6.45, 7) is 0.276. The smallest absolute Gasteiger partial charge is 0.142 e. The van der Waals surface area contributed by atoms with Crippen LogP contribution in [0, 0.1) is 5.82 Å². The monoisotopic (exact) mass is 229 g/mol. The summed E-state index contributed by atoms with van der Waals surface area (Å²) in [5, 5.41) is 1.77. The molecule has 1 unspecified atom stereocenters. The maximum absolute atomic E-state index is 13.3. The second kappa shape index (κ2) is 3.86. The summed E-state index contributed by atoms with van der Waals surface area (Å²) < 4.78 is 19.0. The Bertz CT molecular complexity index is 643. The van der Waals surface area contributed by atoms with Crippen molar-refractivity contribution in [2.45, 2.75) is 6.10 Å². The largest absolute Gasteiger partial charge is 0.484 e. The van der Waals surface area contributed by atoms with E-state index < -0.39 is 0 Å². The van der Waals surface area contributed by atoms with Crippen molar-refractivity contribution in [2.24, 2.45) is 5.73 Å². The Kier molecular flexibility index (Phi) is 2.34. The van der Waals surface area contributed by atoms with Crippen molar-refractivity contribution in [1.82, 2.24) is 0 Å². The van der Waals surface area contributed by atoms with Gasteiger partial charge in [-0.15, -0.1) is 0 Å². The van der Waals surface area contributed by atoms with Crippen LogP contribution in [0.15, 0.2) is 42.5 Å². The Morgan fingerprint density at radius 3 is 2.94 bits per heavy atom. The number of fused-ring (bicyclic) bond motifs is 2. The summed E-state index contributed by atoms with van der Waals surface area (Å²) in [4.78, 5) is 0. The van der Waals surface area contributed by atoms with Crippen LogP contribution in [0.5, 0.6) is 0 Å². The Hall–Kier alpha value is -1.87. The van der Waals surface area contributed by atoms with Gasteiger partial charge in [0.05, 0.1) is 6.54 Å². The number of ether oxygens (including phenoxy) is 1. The van der Waals surface area contributed by atoms with Crippen molar-refractivity contribution >= 4 is 11.3 Å². The minimum atomic E-state index is -0.271. The zero-order valence-corrected chi connectivity index (χ0v) is 9.19. The second-order valence-electron chi connectivity index (χ2n) is 4.06. The quantitative estimate of drug-likeness (QED) is 0.764. The molecule has 17 heavy (non-hydrogen) atoms. The normalized spacial score (nSPS) is 20.9. The molecule has 1 heterocycles. The zero-order valence-electron chi connectivity index (χ0n) is 9.19. The van der Waals surface area contributed by atoms with Gasteiger partial charge in [0, 0.05) is 10.8 Å². The number of benzene rings is 1. The highest BCUT2D eigenvalue weighted by molar-refractivity contribution is 5.69. The SMILES string of the molecule is NCC1=c2cc(F)ccc2=C2C=CC=CC2O1. The van der Waals surface area contributed by atoms with E-state index >= 15 is 0 Å². The van der Waals surface area contributed by atoms with Crippen molar-refractivity contribution in [3.63, 3.8) is 0 Å². The number of rotatable bonds is 1. The lowest BCUT2D eigenvalue weighted by Gasteiger charge is -2.24. The minimum absolute atomic E-state index is 0.100. The second-order valence-corrected chi connectivity index (χ2v) is 4.06. The van der Waals surface area contributed by atoms with Crippen molar-refractivity contribution in [2.75, 3.05) is 6.54 Å². The van der Waals surface area contributed by atoms with Crippen LogP contribution in [0.3, 0.4) is 0 Å². The summed E-state index contributed by atoms with van der Waals surface area (Å²) in [5.74, 6) is 0.376. The number of allylic oxidation sites excluding steroid dienone is 2. The van der Waals surface area contributed by atoms with Crippen LogP contribution in [0.25, 0.3) is 11.3 Å². The van der Waals surface area contributed by atoms with Crippen LogP contribution in [0.2, 0.25) is 0 Å². The van der Waals surface area contributed by atoms with Crippen molar-refractivity contribution < 1.29 is 9.13 Å². The van der Waals surface area contributed by atoms with Gasteiger partial charge in [0.15, 0.2) is 0 Å². The summed E-state index contributed by atoms with van der Waals surface area (Å²) in [5.41, 5.74) is 6.71. The van der Waals surface area contributed by atoms with Gasteiger partial charge in [-0.1, -0.05) is 24.3 Å². The van der Waals surface area contributed by atoms with E-state index in [2.05, 4.69) is 0 Å². The molecule has 3 heteroatoms. The van der Waals surface area contributed by atoms with E-state index in [1.165, 1.54) is 12.1 Å². The molecule has 1 aliphatic carbocycles. The first-order valence-corrected chi connectivity index (χ1v) is 5.54. The molecule has 2 aliphatic rings. The molecule has 0 saturated heterocycles. The molecule has 1 atom stereocenters. The van der Waals surface area contributed by atoms with Gasteiger partial charge >= 0.3 is 0 Å². The lowest BCUT2D eigenvalue weighted by molar-refractivity contribution is 0.248. The first kappa shape index (κ1) is 10.3. The van der Waals surface area contributed by atoms with Gasteiger partial charge in [-0.25, -0.2) is 4.39 Å². The van der Waals surface area contributed by atoms with Gasteiger partial charge in [-0.3, -0.25) is 0 Å². The third kappa shape index (κ3) is 1.59. The van der Waals surface area contributed by atoms with Gasteiger partial charge in [0.1, 0.15) is 17.7 Å².